The molecule has 2 N–H and O–H groups in total. The lowest BCUT2D eigenvalue weighted by molar-refractivity contribution is -0.119. The highest BCUT2D eigenvalue weighted by Crippen LogP contribution is 2.16. The summed E-state index contributed by atoms with van der Waals surface area (Å²) < 4.78 is 0. The first kappa shape index (κ1) is 9.93. The molecule has 1 aromatic rings. The molecule has 78 valence electrons. The maximum atomic E-state index is 11.9. The molecule has 1 unspecified atom stereocenters. The van der Waals surface area contributed by atoms with Crippen LogP contribution in [0, 0.1) is 0 Å². The van der Waals surface area contributed by atoms with E-state index in [0.29, 0.717) is 13.0 Å². The van der Waals surface area contributed by atoms with Crippen LogP contribution in [0.1, 0.15) is 6.42 Å². The Morgan fingerprint density at radius 3 is 2.67 bits per heavy atom. The molecule has 2 rings (SSSR count). The van der Waals surface area contributed by atoms with E-state index in [1.807, 2.05) is 42.5 Å². The summed E-state index contributed by atoms with van der Waals surface area (Å²) >= 11 is 0. The lowest BCUT2D eigenvalue weighted by atomic mass is 10.2. The number of hydrogen-bond acceptors (Lipinski definition) is 2. The molecule has 0 spiro atoms. The molecule has 0 aliphatic carbocycles. The van der Waals surface area contributed by atoms with Crippen LogP contribution in [-0.2, 0) is 4.79 Å². The van der Waals surface area contributed by atoms with Gasteiger partial charge in [-0.05, 0) is 18.6 Å². The first-order valence-electron chi connectivity index (χ1n) is 5.06. The Labute approximate surface area is 89.2 Å². The molecule has 1 atom stereocenters. The van der Waals surface area contributed by atoms with Gasteiger partial charge in [0, 0.05) is 12.2 Å². The highest BCUT2D eigenvalue weighted by molar-refractivity contribution is 5.97. The SMILES string of the molecule is NC1CC=CCN(c2ccccc2)C1=O. The lowest BCUT2D eigenvalue weighted by Gasteiger charge is -2.22. The van der Waals surface area contributed by atoms with Crippen molar-refractivity contribution in [2.24, 2.45) is 5.73 Å². The van der Waals surface area contributed by atoms with Crippen LogP contribution in [-0.4, -0.2) is 18.5 Å². The van der Waals surface area contributed by atoms with Gasteiger partial charge in [-0.25, -0.2) is 0 Å². The molecule has 0 saturated carbocycles. The topological polar surface area (TPSA) is 46.3 Å². The number of nitrogens with zero attached hydrogens (tertiary/aromatic N) is 1. The van der Waals surface area contributed by atoms with Gasteiger partial charge in [-0.15, -0.1) is 0 Å². The predicted octanol–water partition coefficient (Wildman–Crippen LogP) is 1.31. The van der Waals surface area contributed by atoms with Gasteiger partial charge in [0.2, 0.25) is 5.91 Å². The van der Waals surface area contributed by atoms with Gasteiger partial charge in [-0.2, -0.15) is 0 Å². The van der Waals surface area contributed by atoms with Crippen LogP contribution in [0.4, 0.5) is 5.69 Å². The number of amides is 1. The number of nitrogens with two attached hydrogens (primary N) is 1. The van der Waals surface area contributed by atoms with Crippen molar-refractivity contribution >= 4 is 11.6 Å². The zero-order chi connectivity index (χ0) is 10.7. The minimum Gasteiger partial charge on any atom is -0.320 e. The molecular formula is C12H14N2O. The number of rotatable bonds is 1. The maximum absolute atomic E-state index is 11.9. The van der Waals surface area contributed by atoms with Crippen molar-refractivity contribution in [3.63, 3.8) is 0 Å². The Morgan fingerprint density at radius 2 is 1.93 bits per heavy atom. The van der Waals surface area contributed by atoms with Crippen LogP contribution in [0.15, 0.2) is 42.5 Å². The van der Waals surface area contributed by atoms with Crippen molar-refractivity contribution in [1.82, 2.24) is 0 Å². The third-order valence-electron chi connectivity index (χ3n) is 2.50. The number of carbonyl (C=O) groups excluding carboxylic acids is 1. The van der Waals surface area contributed by atoms with Gasteiger partial charge in [0.15, 0.2) is 0 Å². The van der Waals surface area contributed by atoms with Crippen LogP contribution in [0.2, 0.25) is 0 Å². The number of para-hydroxylation sites is 1. The Hall–Kier alpha value is -1.61. The number of anilines is 1. The third-order valence-corrected chi connectivity index (χ3v) is 2.50. The van der Waals surface area contributed by atoms with E-state index in [2.05, 4.69) is 0 Å². The predicted molar refractivity (Wildman–Crippen MR) is 60.5 cm³/mol. The smallest absolute Gasteiger partial charge is 0.244 e. The van der Waals surface area contributed by atoms with Gasteiger partial charge in [0.1, 0.15) is 0 Å². The van der Waals surface area contributed by atoms with E-state index in [4.69, 9.17) is 5.73 Å². The largest absolute Gasteiger partial charge is 0.320 e. The second-order valence-electron chi connectivity index (χ2n) is 3.60. The summed E-state index contributed by atoms with van der Waals surface area (Å²) in [5.41, 5.74) is 6.67. The van der Waals surface area contributed by atoms with Gasteiger partial charge in [0.05, 0.1) is 6.04 Å². The molecule has 1 heterocycles. The Morgan fingerprint density at radius 1 is 1.20 bits per heavy atom. The van der Waals surface area contributed by atoms with Gasteiger partial charge < -0.3 is 10.6 Å². The highest BCUT2D eigenvalue weighted by atomic mass is 16.2. The summed E-state index contributed by atoms with van der Waals surface area (Å²) in [5, 5.41) is 0. The van der Waals surface area contributed by atoms with E-state index in [1.54, 1.807) is 4.90 Å². The molecule has 0 aromatic heterocycles. The van der Waals surface area contributed by atoms with Crippen molar-refractivity contribution in [3.05, 3.63) is 42.5 Å². The lowest BCUT2D eigenvalue weighted by Crippen LogP contribution is -2.42. The van der Waals surface area contributed by atoms with Crippen molar-refractivity contribution in [2.75, 3.05) is 11.4 Å². The van der Waals surface area contributed by atoms with Gasteiger partial charge in [-0.1, -0.05) is 30.4 Å². The third kappa shape index (κ3) is 2.07. The van der Waals surface area contributed by atoms with Gasteiger partial charge in [-0.3, -0.25) is 4.79 Å². The zero-order valence-electron chi connectivity index (χ0n) is 8.47. The molecule has 15 heavy (non-hydrogen) atoms. The summed E-state index contributed by atoms with van der Waals surface area (Å²) in [5.74, 6) is -0.00815. The highest BCUT2D eigenvalue weighted by Gasteiger charge is 2.22. The summed E-state index contributed by atoms with van der Waals surface area (Å²) in [6, 6.07) is 9.20. The molecular weight excluding hydrogens is 188 g/mol. The number of benzene rings is 1. The second-order valence-corrected chi connectivity index (χ2v) is 3.60. The van der Waals surface area contributed by atoms with Crippen molar-refractivity contribution in [2.45, 2.75) is 12.5 Å². The minimum absolute atomic E-state index is 0.00815. The number of hydrogen-bond donors (Lipinski definition) is 1. The minimum atomic E-state index is -0.413. The molecule has 1 aliphatic rings. The Balaban J connectivity index is 2.28. The fraction of sp³-hybridized carbons (Fsp3) is 0.250. The van der Waals surface area contributed by atoms with E-state index < -0.39 is 6.04 Å². The van der Waals surface area contributed by atoms with E-state index in [0.717, 1.165) is 5.69 Å². The fourth-order valence-corrected chi connectivity index (χ4v) is 1.65. The molecule has 0 saturated heterocycles. The van der Waals surface area contributed by atoms with Crippen molar-refractivity contribution in [1.29, 1.82) is 0 Å². The molecule has 1 aliphatic heterocycles. The van der Waals surface area contributed by atoms with Crippen LogP contribution >= 0.6 is 0 Å². The van der Waals surface area contributed by atoms with Crippen LogP contribution in [0.3, 0.4) is 0 Å². The van der Waals surface area contributed by atoms with Crippen molar-refractivity contribution in [3.8, 4) is 0 Å². The first-order valence-corrected chi connectivity index (χ1v) is 5.06. The van der Waals surface area contributed by atoms with E-state index in [1.165, 1.54) is 0 Å². The number of carbonyl (C=O) groups is 1. The van der Waals surface area contributed by atoms with Gasteiger partial charge >= 0.3 is 0 Å². The summed E-state index contributed by atoms with van der Waals surface area (Å²) in [6.07, 6.45) is 4.57. The van der Waals surface area contributed by atoms with E-state index in [9.17, 15) is 4.79 Å². The average molecular weight is 202 g/mol. The van der Waals surface area contributed by atoms with Crippen molar-refractivity contribution < 1.29 is 4.79 Å². The van der Waals surface area contributed by atoms with Crippen LogP contribution < -0.4 is 10.6 Å². The standard InChI is InChI=1S/C12H14N2O/c13-11-8-4-5-9-14(12(11)15)10-6-2-1-3-7-10/h1-7,11H,8-9,13H2. The molecule has 0 bridgehead atoms. The van der Waals surface area contributed by atoms with Crippen LogP contribution in [0.5, 0.6) is 0 Å². The van der Waals surface area contributed by atoms with E-state index >= 15 is 0 Å². The van der Waals surface area contributed by atoms with Gasteiger partial charge in [0.25, 0.3) is 0 Å². The average Bonchev–Trinajstić information content (AvgIpc) is 2.44. The molecule has 3 nitrogen and oxygen atoms in total. The molecule has 0 radical (unpaired) electrons. The summed E-state index contributed by atoms with van der Waals surface area (Å²) in [7, 11) is 0. The summed E-state index contributed by atoms with van der Waals surface area (Å²) in [6.45, 7) is 0.608. The molecule has 3 heteroatoms. The summed E-state index contributed by atoms with van der Waals surface area (Å²) in [4.78, 5) is 13.6. The quantitative estimate of drug-likeness (QED) is 0.698. The van der Waals surface area contributed by atoms with Crippen LogP contribution in [0.25, 0.3) is 0 Å². The molecule has 1 amide bonds. The zero-order valence-corrected chi connectivity index (χ0v) is 8.47. The fourth-order valence-electron chi connectivity index (χ4n) is 1.65. The molecule has 0 fully saturated rings. The maximum Gasteiger partial charge on any atom is 0.244 e. The molecule has 1 aromatic carbocycles. The Kier molecular flexibility index (Phi) is 2.83. The Bertz CT molecular complexity index is 372. The second kappa shape index (κ2) is 4.28. The normalized spacial score (nSPS) is 21.5. The first-order chi connectivity index (χ1) is 7.29. The monoisotopic (exact) mass is 202 g/mol. The van der Waals surface area contributed by atoms with E-state index in [-0.39, 0.29) is 5.91 Å².